The van der Waals surface area contributed by atoms with Crippen LogP contribution in [0.25, 0.3) is 16.8 Å². The van der Waals surface area contributed by atoms with Crippen molar-refractivity contribution in [1.82, 2.24) is 25.2 Å². The van der Waals surface area contributed by atoms with E-state index in [0.29, 0.717) is 30.9 Å². The van der Waals surface area contributed by atoms with Crippen LogP contribution in [0.4, 0.5) is 4.79 Å². The third kappa shape index (κ3) is 8.22. The summed E-state index contributed by atoms with van der Waals surface area (Å²) in [4.78, 5) is 62.7. The van der Waals surface area contributed by atoms with E-state index in [4.69, 9.17) is 19.2 Å². The Morgan fingerprint density at radius 2 is 1.86 bits per heavy atom. The number of cyclic esters (lactones) is 1. The van der Waals surface area contributed by atoms with Crippen molar-refractivity contribution in [2.24, 2.45) is 16.7 Å². The Labute approximate surface area is 334 Å². The zero-order valence-electron chi connectivity index (χ0n) is 33.7. The number of hydrogen-bond acceptors (Lipinski definition) is 10. The number of benzene rings is 1. The van der Waals surface area contributed by atoms with E-state index in [1.54, 1.807) is 7.11 Å². The molecular formula is C42H55N5O9S. The molecule has 5 atom stereocenters. The topological polar surface area (TPSA) is 182 Å². The number of alkyl carbamates (subject to hydrolysis) is 1. The van der Waals surface area contributed by atoms with E-state index in [1.165, 1.54) is 11.0 Å². The maximum atomic E-state index is 14.7. The molecule has 1 saturated heterocycles. The summed E-state index contributed by atoms with van der Waals surface area (Å²) in [5, 5.41) is 6.73. The first-order chi connectivity index (χ1) is 26.9. The number of allylic oxidation sites excluding steroid dienone is 1. The summed E-state index contributed by atoms with van der Waals surface area (Å²) in [6.07, 6.45) is 9.36. The first-order valence-corrected chi connectivity index (χ1v) is 21.5. The molecule has 4 amide bonds. The molecule has 308 valence electrons. The van der Waals surface area contributed by atoms with Crippen LogP contribution in [-0.2, 0) is 42.0 Å². The van der Waals surface area contributed by atoms with Gasteiger partial charge in [0.15, 0.2) is 0 Å². The number of carbonyl (C=O) groups is 4. The standard InChI is InChI=1S/C42H55N5O9S/c1-8-25-21-42(25,38(50)46-57(52,53)27-15-16-27)45-35(48)32-19-26-22-47(32)37(49)34(40(2,3)4)44-39(51)55-23-41(5,6)17-11-12-24-18-30-29(20-33(24)54-7)28-13-9-10-14-31(28)43-36(30)56-26/h8,11-12,18,20,25-27,32,34H,1,9-10,13-17,19,21-23H2,2-7H3,(H,44,51)(H,45,48)(H,46,50)/b12-11+/t25-,26-,32+,34-,42-/m1/s1. The molecular weight excluding hydrogens is 751 g/mol. The van der Waals surface area contributed by atoms with Crippen molar-refractivity contribution >= 4 is 50.7 Å². The molecule has 3 N–H and O–H groups in total. The fourth-order valence-corrected chi connectivity index (χ4v) is 9.62. The second kappa shape index (κ2) is 14.9. The fraction of sp³-hybridized carbons (Fsp3) is 0.595. The third-order valence-corrected chi connectivity index (χ3v) is 13.7. The van der Waals surface area contributed by atoms with Gasteiger partial charge in [0.2, 0.25) is 27.7 Å². The van der Waals surface area contributed by atoms with Crippen LogP contribution in [0.15, 0.2) is 30.9 Å². The number of aryl methyl sites for hydroxylation is 2. The minimum atomic E-state index is -3.91. The maximum absolute atomic E-state index is 14.7. The molecule has 1 aromatic heterocycles. The lowest BCUT2D eigenvalue weighted by Crippen LogP contribution is -2.60. The number of carbonyl (C=O) groups excluding carboxylic acids is 4. The zero-order chi connectivity index (χ0) is 41.1. The molecule has 15 heteroatoms. The van der Waals surface area contributed by atoms with E-state index in [9.17, 15) is 27.6 Å². The number of nitrogens with zero attached hydrogens (tertiary/aromatic N) is 2. The summed E-state index contributed by atoms with van der Waals surface area (Å²) >= 11 is 0. The highest BCUT2D eigenvalue weighted by Gasteiger charge is 2.62. The quantitative estimate of drug-likeness (QED) is 0.331. The largest absolute Gasteiger partial charge is 0.496 e. The minimum Gasteiger partial charge on any atom is -0.496 e. The number of fused-ring (bicyclic) bond motifs is 5. The molecule has 14 nitrogen and oxygen atoms in total. The summed E-state index contributed by atoms with van der Waals surface area (Å²) in [7, 11) is -2.27. The van der Waals surface area contributed by atoms with Crippen molar-refractivity contribution < 1.29 is 41.8 Å². The van der Waals surface area contributed by atoms with Crippen molar-refractivity contribution in [2.45, 2.75) is 121 Å². The molecule has 3 fully saturated rings. The van der Waals surface area contributed by atoms with E-state index in [-0.39, 0.29) is 26.0 Å². The zero-order valence-corrected chi connectivity index (χ0v) is 34.6. The Morgan fingerprint density at radius 3 is 2.53 bits per heavy atom. The number of ether oxygens (including phenoxy) is 3. The summed E-state index contributed by atoms with van der Waals surface area (Å²) in [6, 6.07) is 1.77. The Balaban J connectivity index is 1.29. The van der Waals surface area contributed by atoms with Crippen molar-refractivity contribution in [2.75, 3.05) is 20.3 Å². The summed E-state index contributed by atoms with van der Waals surface area (Å²) in [5.41, 5.74) is 0.0616. The van der Waals surface area contributed by atoms with Crippen LogP contribution in [0.5, 0.6) is 11.6 Å². The molecule has 57 heavy (non-hydrogen) atoms. The van der Waals surface area contributed by atoms with E-state index in [2.05, 4.69) is 21.9 Å². The molecule has 2 aliphatic heterocycles. The van der Waals surface area contributed by atoms with Crippen LogP contribution in [0.3, 0.4) is 0 Å². The molecule has 4 bridgehead atoms. The maximum Gasteiger partial charge on any atom is 0.407 e. The average Bonchev–Trinajstić information content (AvgIpc) is 4.08. The number of pyridine rings is 1. The molecule has 7 rings (SSSR count). The summed E-state index contributed by atoms with van der Waals surface area (Å²) in [6.45, 7) is 13.2. The lowest BCUT2D eigenvalue weighted by molar-refractivity contribution is -0.142. The summed E-state index contributed by atoms with van der Waals surface area (Å²) in [5.74, 6) is -1.47. The van der Waals surface area contributed by atoms with Crippen LogP contribution in [0, 0.1) is 16.7 Å². The van der Waals surface area contributed by atoms with Crippen LogP contribution in [-0.4, -0.2) is 91.4 Å². The molecule has 0 unspecified atom stereocenters. The molecule has 2 aromatic rings. The number of aromatic nitrogens is 1. The van der Waals surface area contributed by atoms with Crippen LogP contribution in [0.2, 0.25) is 0 Å². The van der Waals surface area contributed by atoms with Crippen LogP contribution >= 0.6 is 0 Å². The van der Waals surface area contributed by atoms with Gasteiger partial charge >= 0.3 is 6.09 Å². The molecule has 5 aliphatic rings. The predicted molar refractivity (Wildman–Crippen MR) is 214 cm³/mol. The smallest absolute Gasteiger partial charge is 0.407 e. The summed E-state index contributed by atoms with van der Waals surface area (Å²) < 4.78 is 46.1. The molecule has 1 aromatic carbocycles. The highest BCUT2D eigenvalue weighted by molar-refractivity contribution is 7.91. The van der Waals surface area contributed by atoms with E-state index >= 15 is 0 Å². The molecule has 0 spiro atoms. The second-order valence-corrected chi connectivity index (χ2v) is 20.1. The Morgan fingerprint density at radius 1 is 1.12 bits per heavy atom. The van der Waals surface area contributed by atoms with Crippen molar-refractivity contribution in [3.63, 3.8) is 0 Å². The second-order valence-electron chi connectivity index (χ2n) is 18.1. The van der Waals surface area contributed by atoms with Gasteiger partial charge in [0.1, 0.15) is 29.5 Å². The normalized spacial score (nSPS) is 28.1. The number of sulfonamides is 1. The monoisotopic (exact) mass is 805 g/mol. The molecule has 0 radical (unpaired) electrons. The average molecular weight is 806 g/mol. The predicted octanol–water partition coefficient (Wildman–Crippen LogP) is 4.72. The first-order valence-electron chi connectivity index (χ1n) is 20.0. The third-order valence-electron chi connectivity index (χ3n) is 11.9. The molecule has 3 aliphatic carbocycles. The Hall–Kier alpha value is -4.66. The lowest BCUT2D eigenvalue weighted by atomic mass is 9.85. The number of nitrogens with one attached hydrogen (secondary N) is 3. The number of methoxy groups -OCH3 is 1. The lowest BCUT2D eigenvalue weighted by Gasteiger charge is -2.35. The van der Waals surface area contributed by atoms with Gasteiger partial charge in [0.05, 0.1) is 25.5 Å². The van der Waals surface area contributed by atoms with Crippen molar-refractivity contribution in [3.8, 4) is 11.6 Å². The van der Waals surface area contributed by atoms with Crippen molar-refractivity contribution in [1.29, 1.82) is 0 Å². The van der Waals surface area contributed by atoms with Crippen LogP contribution in [0.1, 0.15) is 96.4 Å². The Bertz CT molecular complexity index is 2140. The van der Waals surface area contributed by atoms with Gasteiger partial charge in [0, 0.05) is 34.4 Å². The van der Waals surface area contributed by atoms with Gasteiger partial charge in [-0.05, 0) is 79.9 Å². The van der Waals surface area contributed by atoms with Gasteiger partial charge in [-0.3, -0.25) is 19.1 Å². The van der Waals surface area contributed by atoms with Crippen LogP contribution < -0.4 is 24.8 Å². The molecule has 3 heterocycles. The number of hydrogen-bond donors (Lipinski definition) is 3. The van der Waals surface area contributed by atoms with Gasteiger partial charge in [-0.25, -0.2) is 18.2 Å². The van der Waals surface area contributed by atoms with Gasteiger partial charge in [-0.2, -0.15) is 0 Å². The molecule has 2 saturated carbocycles. The van der Waals surface area contributed by atoms with E-state index in [1.807, 2.05) is 58.9 Å². The van der Waals surface area contributed by atoms with Gasteiger partial charge in [-0.1, -0.05) is 52.8 Å². The number of rotatable bonds is 7. The Kier molecular flexibility index (Phi) is 10.6. The minimum absolute atomic E-state index is 0.0312. The SMILES string of the molecule is C=C[C@@H]1C[C@]1(NC(=O)[C@@H]1C[C@@H]2CN1C(=O)[C@H](C(C)(C)C)NC(=O)OCC(C)(C)C/C=C/c1cc3c(nc4c(c3cc1OC)CCCC4)O2)C(=O)NS(=O)(=O)C1CC1. The first kappa shape index (κ1) is 40.5. The van der Waals surface area contributed by atoms with Gasteiger partial charge in [0.25, 0.3) is 5.91 Å². The fourth-order valence-electron chi connectivity index (χ4n) is 8.26. The van der Waals surface area contributed by atoms with Gasteiger partial charge in [-0.15, -0.1) is 6.58 Å². The number of amides is 4. The van der Waals surface area contributed by atoms with E-state index < -0.39 is 79.6 Å². The highest BCUT2D eigenvalue weighted by atomic mass is 32.2. The van der Waals surface area contributed by atoms with Gasteiger partial charge < -0.3 is 29.7 Å². The highest BCUT2D eigenvalue weighted by Crippen LogP contribution is 2.46. The van der Waals surface area contributed by atoms with Crippen molar-refractivity contribution in [3.05, 3.63) is 47.7 Å². The van der Waals surface area contributed by atoms with E-state index in [0.717, 1.165) is 53.3 Å².